The van der Waals surface area contributed by atoms with E-state index in [1.54, 1.807) is 49.5 Å². The first-order valence-electron chi connectivity index (χ1n) is 6.30. The zero-order chi connectivity index (χ0) is 15.5. The lowest BCUT2D eigenvalue weighted by Crippen LogP contribution is -2.27. The molecule has 2 rings (SSSR count). The van der Waals surface area contributed by atoms with Gasteiger partial charge in [0, 0.05) is 24.5 Å². The second kappa shape index (κ2) is 6.79. The number of sulfonamides is 1. The normalized spacial score (nSPS) is 11.8. The highest BCUT2D eigenvalue weighted by atomic mass is 35.5. The summed E-state index contributed by atoms with van der Waals surface area (Å²) in [6, 6.07) is 13.9. The summed E-state index contributed by atoms with van der Waals surface area (Å²) in [5.74, 6) is 0.153. The summed E-state index contributed by atoms with van der Waals surface area (Å²) in [4.78, 5) is 0.240. The molecule has 21 heavy (non-hydrogen) atoms. The molecule has 2 aromatic carbocycles. The van der Waals surface area contributed by atoms with Crippen LogP contribution in [-0.4, -0.2) is 19.8 Å². The zero-order valence-electron chi connectivity index (χ0n) is 11.5. The molecule has 3 nitrogen and oxygen atoms in total. The van der Waals surface area contributed by atoms with Crippen LogP contribution < -0.4 is 0 Å². The molecule has 6 heteroatoms. The lowest BCUT2D eigenvalue weighted by molar-refractivity contribution is 0.466. The van der Waals surface area contributed by atoms with Gasteiger partial charge in [0.05, 0.1) is 4.90 Å². The molecule has 0 atom stereocenters. The number of alkyl halides is 1. The van der Waals surface area contributed by atoms with Gasteiger partial charge in [-0.1, -0.05) is 41.9 Å². The molecule has 0 heterocycles. The maximum atomic E-state index is 12.6. The van der Waals surface area contributed by atoms with Crippen molar-refractivity contribution in [2.45, 2.75) is 17.3 Å². The summed E-state index contributed by atoms with van der Waals surface area (Å²) in [6.07, 6.45) is 0. The van der Waals surface area contributed by atoms with Gasteiger partial charge < -0.3 is 0 Å². The predicted octanol–water partition coefficient (Wildman–Crippen LogP) is 3.90. The van der Waals surface area contributed by atoms with Gasteiger partial charge in [-0.2, -0.15) is 4.31 Å². The first-order valence-corrected chi connectivity index (χ1v) is 8.65. The number of hydrogen-bond acceptors (Lipinski definition) is 2. The van der Waals surface area contributed by atoms with Gasteiger partial charge in [-0.3, -0.25) is 0 Å². The average molecular weight is 344 g/mol. The van der Waals surface area contributed by atoms with E-state index in [1.807, 2.05) is 6.07 Å². The van der Waals surface area contributed by atoms with Crippen LogP contribution in [0.5, 0.6) is 0 Å². The average Bonchev–Trinajstić information content (AvgIpc) is 2.47. The van der Waals surface area contributed by atoms with Crippen molar-refractivity contribution >= 4 is 33.2 Å². The molecule has 0 unspecified atom stereocenters. The summed E-state index contributed by atoms with van der Waals surface area (Å²) in [5.41, 5.74) is 1.43. The Hall–Kier alpha value is -1.07. The molecule has 0 N–H and O–H groups in total. The molecule has 0 aliphatic heterocycles. The van der Waals surface area contributed by atoms with Gasteiger partial charge in [-0.25, -0.2) is 8.42 Å². The first-order chi connectivity index (χ1) is 9.95. The molecule has 0 saturated carbocycles. The summed E-state index contributed by atoms with van der Waals surface area (Å²) >= 11 is 11.7. The molecular formula is C15H15Cl2NO2S. The molecule has 0 fully saturated rings. The summed E-state index contributed by atoms with van der Waals surface area (Å²) < 4.78 is 26.6. The maximum Gasteiger partial charge on any atom is 0.243 e. The first kappa shape index (κ1) is 16.3. The van der Waals surface area contributed by atoms with Crippen molar-refractivity contribution in [1.29, 1.82) is 0 Å². The molecule has 0 bridgehead atoms. The topological polar surface area (TPSA) is 37.4 Å². The highest BCUT2D eigenvalue weighted by Gasteiger charge is 2.23. The van der Waals surface area contributed by atoms with Crippen molar-refractivity contribution in [2.75, 3.05) is 7.05 Å². The predicted molar refractivity (Wildman–Crippen MR) is 86.1 cm³/mol. The fourth-order valence-electron chi connectivity index (χ4n) is 2.01. The Bertz CT molecular complexity index is 732. The Morgan fingerprint density at radius 1 is 1.10 bits per heavy atom. The van der Waals surface area contributed by atoms with Crippen molar-refractivity contribution in [3.8, 4) is 0 Å². The van der Waals surface area contributed by atoms with Crippen LogP contribution in [0.4, 0.5) is 0 Å². The van der Waals surface area contributed by atoms with Crippen LogP contribution in [0.15, 0.2) is 53.4 Å². The van der Waals surface area contributed by atoms with Gasteiger partial charge in [0.25, 0.3) is 0 Å². The summed E-state index contributed by atoms with van der Waals surface area (Å²) in [7, 11) is -2.04. The Kier molecular flexibility index (Phi) is 5.27. The summed E-state index contributed by atoms with van der Waals surface area (Å²) in [5, 5.41) is 0.583. The highest BCUT2D eigenvalue weighted by molar-refractivity contribution is 7.89. The molecule has 0 amide bonds. The van der Waals surface area contributed by atoms with E-state index in [0.717, 1.165) is 5.56 Å². The standard InChI is InChI=1S/C15H15Cl2NO2S/c1-18(11-12-5-4-7-14(17)9-12)21(19,20)15-8-3-2-6-13(15)10-16/h2-9H,10-11H2,1H3. The fourth-order valence-corrected chi connectivity index (χ4v) is 3.91. The molecule has 0 saturated heterocycles. The van der Waals surface area contributed by atoms with E-state index in [4.69, 9.17) is 23.2 Å². The molecular weight excluding hydrogens is 329 g/mol. The highest BCUT2D eigenvalue weighted by Crippen LogP contribution is 2.22. The molecule has 0 aliphatic rings. The number of benzene rings is 2. The monoisotopic (exact) mass is 343 g/mol. The Balaban J connectivity index is 2.31. The second-order valence-corrected chi connectivity index (χ2v) is 7.35. The van der Waals surface area contributed by atoms with Gasteiger partial charge >= 0.3 is 0 Å². The van der Waals surface area contributed by atoms with E-state index in [-0.39, 0.29) is 17.3 Å². The lowest BCUT2D eigenvalue weighted by atomic mass is 10.2. The molecule has 0 aliphatic carbocycles. The number of rotatable bonds is 5. The molecule has 0 spiro atoms. The lowest BCUT2D eigenvalue weighted by Gasteiger charge is -2.19. The van der Waals surface area contributed by atoms with Crippen LogP contribution in [0.25, 0.3) is 0 Å². The summed E-state index contributed by atoms with van der Waals surface area (Å²) in [6.45, 7) is 0.250. The Labute approximate surface area is 135 Å². The smallest absolute Gasteiger partial charge is 0.207 e. The van der Waals surface area contributed by atoms with E-state index in [2.05, 4.69) is 0 Å². The van der Waals surface area contributed by atoms with E-state index in [1.165, 1.54) is 4.31 Å². The third-order valence-electron chi connectivity index (χ3n) is 3.10. The third kappa shape index (κ3) is 3.77. The quantitative estimate of drug-likeness (QED) is 0.772. The van der Waals surface area contributed by atoms with Crippen molar-refractivity contribution in [1.82, 2.24) is 4.31 Å². The Morgan fingerprint density at radius 2 is 1.81 bits per heavy atom. The van der Waals surface area contributed by atoms with Gasteiger partial charge in [0.2, 0.25) is 10.0 Å². The van der Waals surface area contributed by atoms with E-state index in [0.29, 0.717) is 10.6 Å². The van der Waals surface area contributed by atoms with Crippen molar-refractivity contribution < 1.29 is 8.42 Å². The van der Waals surface area contributed by atoms with Crippen LogP contribution in [-0.2, 0) is 22.4 Å². The minimum Gasteiger partial charge on any atom is -0.207 e. The fraction of sp³-hybridized carbons (Fsp3) is 0.200. The van der Waals surface area contributed by atoms with Gasteiger partial charge in [-0.15, -0.1) is 11.6 Å². The van der Waals surface area contributed by atoms with E-state index < -0.39 is 10.0 Å². The largest absolute Gasteiger partial charge is 0.243 e. The van der Waals surface area contributed by atoms with Crippen molar-refractivity contribution in [3.63, 3.8) is 0 Å². The minimum absolute atomic E-state index is 0.153. The van der Waals surface area contributed by atoms with E-state index >= 15 is 0 Å². The van der Waals surface area contributed by atoms with Crippen LogP contribution in [0.1, 0.15) is 11.1 Å². The van der Waals surface area contributed by atoms with Crippen LogP contribution in [0.2, 0.25) is 5.02 Å². The van der Waals surface area contributed by atoms with E-state index in [9.17, 15) is 8.42 Å². The number of nitrogens with zero attached hydrogens (tertiary/aromatic N) is 1. The zero-order valence-corrected chi connectivity index (χ0v) is 13.8. The third-order valence-corrected chi connectivity index (χ3v) is 5.53. The van der Waals surface area contributed by atoms with Gasteiger partial charge in [-0.05, 0) is 29.3 Å². The van der Waals surface area contributed by atoms with Crippen molar-refractivity contribution in [3.05, 3.63) is 64.7 Å². The van der Waals surface area contributed by atoms with Crippen LogP contribution in [0, 0.1) is 0 Å². The van der Waals surface area contributed by atoms with Crippen LogP contribution in [0.3, 0.4) is 0 Å². The minimum atomic E-state index is -3.59. The molecule has 0 radical (unpaired) electrons. The van der Waals surface area contributed by atoms with Crippen LogP contribution >= 0.6 is 23.2 Å². The number of hydrogen-bond donors (Lipinski definition) is 0. The SMILES string of the molecule is CN(Cc1cccc(Cl)c1)S(=O)(=O)c1ccccc1CCl. The second-order valence-electron chi connectivity index (χ2n) is 4.63. The molecule has 112 valence electrons. The van der Waals surface area contributed by atoms with Crippen molar-refractivity contribution in [2.24, 2.45) is 0 Å². The molecule has 2 aromatic rings. The Morgan fingerprint density at radius 3 is 2.48 bits per heavy atom. The van der Waals surface area contributed by atoms with Gasteiger partial charge in [0.15, 0.2) is 0 Å². The number of halogens is 2. The van der Waals surface area contributed by atoms with Gasteiger partial charge in [0.1, 0.15) is 0 Å². The molecule has 0 aromatic heterocycles. The maximum absolute atomic E-state index is 12.6.